The molecule has 1 atom stereocenters. The molecule has 1 aromatic heterocycles. The third kappa shape index (κ3) is 5.29. The summed E-state index contributed by atoms with van der Waals surface area (Å²) in [5.41, 5.74) is 7.10. The van der Waals surface area contributed by atoms with Crippen LogP contribution in [0.4, 0.5) is 18.9 Å². The van der Waals surface area contributed by atoms with Gasteiger partial charge in [-0.05, 0) is 49.7 Å². The highest BCUT2D eigenvalue weighted by Crippen LogP contribution is 2.39. The summed E-state index contributed by atoms with van der Waals surface area (Å²) in [6.07, 6.45) is -3.99. The van der Waals surface area contributed by atoms with Crippen LogP contribution in [0.2, 0.25) is 0 Å². The largest absolute Gasteiger partial charge is 0.394 e. The smallest absolute Gasteiger partial charge is 0.393 e. The number of nitrogens with one attached hydrogen (secondary N) is 1. The zero-order valence-electron chi connectivity index (χ0n) is 19.3. The number of aromatic nitrogens is 2. The number of ketones is 1. The molecule has 1 aromatic carbocycles. The van der Waals surface area contributed by atoms with Crippen LogP contribution < -0.4 is 11.1 Å². The molecule has 1 saturated carbocycles. The van der Waals surface area contributed by atoms with Crippen molar-refractivity contribution >= 4 is 11.5 Å². The minimum atomic E-state index is -4.49. The van der Waals surface area contributed by atoms with Gasteiger partial charge in [-0.25, -0.2) is 4.68 Å². The molecule has 0 amide bonds. The highest BCUT2D eigenvalue weighted by atomic mass is 19.4. The summed E-state index contributed by atoms with van der Waals surface area (Å²) in [6.45, 7) is 3.82. The number of carbonyl (C=O) groups is 1. The summed E-state index contributed by atoms with van der Waals surface area (Å²) >= 11 is 0. The highest BCUT2D eigenvalue weighted by molar-refractivity contribution is 6.00. The topological polar surface area (TPSA) is 113 Å². The van der Waals surface area contributed by atoms with Crippen molar-refractivity contribution in [3.63, 3.8) is 0 Å². The van der Waals surface area contributed by atoms with Crippen LogP contribution in [0.15, 0.2) is 18.2 Å². The van der Waals surface area contributed by atoms with E-state index in [0.29, 0.717) is 41.9 Å². The van der Waals surface area contributed by atoms with Crippen LogP contribution in [-0.2, 0) is 12.8 Å². The maximum atomic E-state index is 13.3. The molecule has 2 aromatic rings. The van der Waals surface area contributed by atoms with Crippen LogP contribution in [0.5, 0.6) is 0 Å². The molecule has 0 saturated heterocycles. The molecule has 0 radical (unpaired) electrons. The second-order valence-corrected chi connectivity index (χ2v) is 10.3. The van der Waals surface area contributed by atoms with Gasteiger partial charge in [0.1, 0.15) is 6.23 Å². The number of Topliss-reactive ketones (excluding diaryl/α,β-unsaturated/α-hetero) is 1. The van der Waals surface area contributed by atoms with Crippen LogP contribution in [-0.4, -0.2) is 44.1 Å². The molecule has 0 aliphatic heterocycles. The number of fused-ring (bicyclic) bond motifs is 1. The SMILES string of the molecule is CC1(C)CC(=O)c2c(CC(F)(F)F)nn(-c3ccc(C(N)O)c(NC4CCC(O)CC4)c3)c2C1. The zero-order chi connectivity index (χ0) is 24.8. The Kier molecular flexibility index (Phi) is 6.52. The van der Waals surface area contributed by atoms with E-state index in [1.54, 1.807) is 18.2 Å². The van der Waals surface area contributed by atoms with Gasteiger partial charge in [0.2, 0.25) is 0 Å². The number of hydrogen-bond donors (Lipinski definition) is 4. The number of nitrogens with two attached hydrogens (primary N) is 1. The van der Waals surface area contributed by atoms with Crippen molar-refractivity contribution in [2.75, 3.05) is 5.32 Å². The van der Waals surface area contributed by atoms with E-state index in [2.05, 4.69) is 10.4 Å². The van der Waals surface area contributed by atoms with Gasteiger partial charge < -0.3 is 21.3 Å². The number of aliphatic hydroxyl groups is 2. The molecule has 2 aliphatic carbocycles. The zero-order valence-corrected chi connectivity index (χ0v) is 19.3. The molecule has 1 unspecified atom stereocenters. The summed E-state index contributed by atoms with van der Waals surface area (Å²) < 4.78 is 41.2. The fraction of sp³-hybridized carbons (Fsp3) is 0.583. The minimum Gasteiger partial charge on any atom is -0.393 e. The standard InChI is InChI=1S/C24H31F3N4O3/c1-23(2)11-19-21(20(33)12-23)18(10-24(25,26)27)30-31(19)14-5-8-16(22(28)34)17(9-14)29-13-3-6-15(32)7-4-13/h5,8-9,13,15,22,29,32,34H,3-4,6-7,10-12,28H2,1-2H3. The van der Waals surface area contributed by atoms with E-state index < -0.39 is 24.2 Å². The Labute approximate surface area is 196 Å². The number of carbonyl (C=O) groups excluding carboxylic acids is 1. The molecular weight excluding hydrogens is 449 g/mol. The van der Waals surface area contributed by atoms with Crippen molar-refractivity contribution in [3.05, 3.63) is 40.7 Å². The summed E-state index contributed by atoms with van der Waals surface area (Å²) in [5, 5.41) is 27.5. The lowest BCUT2D eigenvalue weighted by atomic mass is 9.75. The summed E-state index contributed by atoms with van der Waals surface area (Å²) in [4.78, 5) is 12.8. The van der Waals surface area contributed by atoms with Crippen molar-refractivity contribution in [3.8, 4) is 5.69 Å². The van der Waals surface area contributed by atoms with Gasteiger partial charge in [0.25, 0.3) is 0 Å². The molecule has 10 heteroatoms. The first-order valence-corrected chi connectivity index (χ1v) is 11.6. The number of halogens is 3. The van der Waals surface area contributed by atoms with Crippen LogP contribution >= 0.6 is 0 Å². The van der Waals surface area contributed by atoms with E-state index in [-0.39, 0.29) is 35.6 Å². The van der Waals surface area contributed by atoms with Gasteiger partial charge in [-0.3, -0.25) is 4.79 Å². The van der Waals surface area contributed by atoms with E-state index in [4.69, 9.17) is 5.73 Å². The molecule has 2 aliphatic rings. The molecule has 1 heterocycles. The monoisotopic (exact) mass is 480 g/mol. The maximum absolute atomic E-state index is 13.3. The Bertz CT molecular complexity index is 1070. The van der Waals surface area contributed by atoms with Crippen molar-refractivity contribution in [1.82, 2.24) is 9.78 Å². The Morgan fingerprint density at radius 1 is 1.24 bits per heavy atom. The molecule has 186 valence electrons. The van der Waals surface area contributed by atoms with E-state index >= 15 is 0 Å². The number of rotatable bonds is 5. The first-order chi connectivity index (χ1) is 15.8. The van der Waals surface area contributed by atoms with Gasteiger partial charge in [0.15, 0.2) is 5.78 Å². The van der Waals surface area contributed by atoms with Gasteiger partial charge >= 0.3 is 6.18 Å². The highest BCUT2D eigenvalue weighted by Gasteiger charge is 2.40. The second-order valence-electron chi connectivity index (χ2n) is 10.3. The number of benzene rings is 1. The van der Waals surface area contributed by atoms with Gasteiger partial charge in [-0.1, -0.05) is 19.9 Å². The molecule has 7 nitrogen and oxygen atoms in total. The predicted molar refractivity (Wildman–Crippen MR) is 121 cm³/mol. The Morgan fingerprint density at radius 2 is 1.91 bits per heavy atom. The third-order valence-electron chi connectivity index (χ3n) is 6.64. The first-order valence-electron chi connectivity index (χ1n) is 11.6. The van der Waals surface area contributed by atoms with Gasteiger partial charge in [-0.2, -0.15) is 18.3 Å². The Balaban J connectivity index is 1.78. The van der Waals surface area contributed by atoms with Gasteiger partial charge in [0.05, 0.1) is 35.2 Å². The molecule has 0 bridgehead atoms. The summed E-state index contributed by atoms with van der Waals surface area (Å²) in [5.74, 6) is -0.329. The fourth-order valence-corrected chi connectivity index (χ4v) is 5.05. The predicted octanol–water partition coefficient (Wildman–Crippen LogP) is 3.80. The molecule has 4 rings (SSSR count). The maximum Gasteiger partial charge on any atom is 0.394 e. The number of hydrogen-bond acceptors (Lipinski definition) is 6. The van der Waals surface area contributed by atoms with Crippen LogP contribution in [0.3, 0.4) is 0 Å². The summed E-state index contributed by atoms with van der Waals surface area (Å²) in [7, 11) is 0. The lowest BCUT2D eigenvalue weighted by Crippen LogP contribution is -2.29. The van der Waals surface area contributed by atoms with Crippen molar-refractivity contribution < 1.29 is 28.2 Å². The third-order valence-corrected chi connectivity index (χ3v) is 6.64. The van der Waals surface area contributed by atoms with Gasteiger partial charge in [0, 0.05) is 23.7 Å². The molecule has 0 spiro atoms. The van der Waals surface area contributed by atoms with E-state index in [9.17, 15) is 28.2 Å². The number of aliphatic hydroxyl groups excluding tert-OH is 2. The molecule has 5 N–H and O–H groups in total. The Morgan fingerprint density at radius 3 is 2.53 bits per heavy atom. The van der Waals surface area contributed by atoms with Crippen LogP contribution in [0, 0.1) is 5.41 Å². The molecular formula is C24H31F3N4O3. The van der Waals surface area contributed by atoms with E-state index in [0.717, 1.165) is 12.8 Å². The second kappa shape index (κ2) is 8.98. The minimum absolute atomic E-state index is 0.0592. The molecule has 1 fully saturated rings. The van der Waals surface area contributed by atoms with Crippen molar-refractivity contribution in [1.29, 1.82) is 0 Å². The lowest BCUT2D eigenvalue weighted by Gasteiger charge is -2.30. The van der Waals surface area contributed by atoms with Gasteiger partial charge in [-0.15, -0.1) is 0 Å². The average molecular weight is 481 g/mol. The fourth-order valence-electron chi connectivity index (χ4n) is 5.05. The average Bonchev–Trinajstić information content (AvgIpc) is 3.04. The Hall–Kier alpha value is -2.43. The first kappa shape index (κ1) is 24.7. The molecule has 34 heavy (non-hydrogen) atoms. The quantitative estimate of drug-likeness (QED) is 0.484. The van der Waals surface area contributed by atoms with E-state index in [1.165, 1.54) is 4.68 Å². The van der Waals surface area contributed by atoms with Crippen molar-refractivity contribution in [2.45, 2.75) is 83.3 Å². The van der Waals surface area contributed by atoms with Crippen molar-refractivity contribution in [2.24, 2.45) is 11.1 Å². The van der Waals surface area contributed by atoms with E-state index in [1.807, 2.05) is 13.8 Å². The number of alkyl halides is 3. The van der Waals surface area contributed by atoms with Crippen LogP contribution in [0.1, 0.15) is 79.5 Å². The summed E-state index contributed by atoms with van der Waals surface area (Å²) in [6, 6.07) is 5.02. The number of anilines is 1. The lowest BCUT2D eigenvalue weighted by molar-refractivity contribution is -0.127. The normalized spacial score (nSPS) is 23.5. The number of nitrogens with zero attached hydrogens (tertiary/aromatic N) is 2. The van der Waals surface area contributed by atoms with Crippen LogP contribution in [0.25, 0.3) is 5.69 Å².